The van der Waals surface area contributed by atoms with Gasteiger partial charge in [-0.1, -0.05) is 141 Å². The van der Waals surface area contributed by atoms with Crippen molar-refractivity contribution >= 4 is 19.8 Å². The van der Waals surface area contributed by atoms with Gasteiger partial charge in [0.05, 0.1) is 27.7 Å². The van der Waals surface area contributed by atoms with Gasteiger partial charge < -0.3 is 23.6 Å². The maximum atomic E-state index is 13.4. The molecule has 0 spiro atoms. The van der Waals surface area contributed by atoms with Gasteiger partial charge in [-0.2, -0.15) is 0 Å². The van der Waals surface area contributed by atoms with Gasteiger partial charge in [-0.05, 0) is 64.2 Å². The molecule has 0 bridgehead atoms. The number of allylic oxidation sites excluding steroid dienone is 4. The van der Waals surface area contributed by atoms with E-state index in [2.05, 4.69) is 43.1 Å². The summed E-state index contributed by atoms with van der Waals surface area (Å²) in [5.74, 6) is -1.14. The summed E-state index contributed by atoms with van der Waals surface area (Å²) in [6, 6.07) is 1.12. The van der Waals surface area contributed by atoms with Crippen molar-refractivity contribution in [3.8, 4) is 0 Å². The van der Waals surface area contributed by atoms with Crippen LogP contribution in [0.1, 0.15) is 200 Å². The van der Waals surface area contributed by atoms with Gasteiger partial charge in [-0.3, -0.25) is 33.0 Å². The van der Waals surface area contributed by atoms with E-state index in [4.69, 9.17) is 23.3 Å². The molecule has 0 amide bonds. The Balaban J connectivity index is 2.00. The van der Waals surface area contributed by atoms with Gasteiger partial charge in [0.1, 0.15) is 19.3 Å². The molecule has 15 heteroatoms. The summed E-state index contributed by atoms with van der Waals surface area (Å²) in [6.07, 6.45) is 34.3. The molecule has 5 atom stereocenters. The molecule has 1 aromatic rings. The van der Waals surface area contributed by atoms with Gasteiger partial charge in [0, 0.05) is 25.1 Å². The number of nitrogens with zero attached hydrogens (tertiary/aromatic N) is 2. The van der Waals surface area contributed by atoms with Crippen LogP contribution in [0.5, 0.6) is 0 Å². The normalized spacial score (nSPS) is 18.7. The lowest BCUT2D eigenvalue weighted by Gasteiger charge is -2.25. The summed E-state index contributed by atoms with van der Waals surface area (Å²) >= 11 is 0. The third kappa shape index (κ3) is 28.8. The number of nitrogens with one attached hydrogen (secondary N) is 1. The smallest absolute Gasteiger partial charge is 0.455 e. The molecule has 1 aliphatic rings. The zero-order chi connectivity index (χ0) is 47.6. The zero-order valence-electron chi connectivity index (χ0n) is 41.1. The van der Waals surface area contributed by atoms with Crippen LogP contribution in [0.3, 0.4) is 0 Å². The van der Waals surface area contributed by atoms with Crippen LogP contribution in [-0.2, 0) is 37.4 Å². The van der Waals surface area contributed by atoms with Gasteiger partial charge in [-0.25, -0.2) is 9.36 Å². The fraction of sp³-hybridized carbons (Fsp3) is 0.800. The molecule has 0 saturated carbocycles. The molecule has 1 aliphatic heterocycles. The van der Waals surface area contributed by atoms with E-state index in [9.17, 15) is 28.6 Å². The zero-order valence-corrected chi connectivity index (χ0v) is 42.0. The molecule has 65 heavy (non-hydrogen) atoms. The first kappa shape index (κ1) is 58.3. The molecule has 0 aromatic carbocycles. The summed E-state index contributed by atoms with van der Waals surface area (Å²) in [5, 5.41) is 0. The highest BCUT2D eigenvalue weighted by molar-refractivity contribution is 7.47. The van der Waals surface area contributed by atoms with Crippen molar-refractivity contribution in [1.82, 2.24) is 9.55 Å². The first-order chi connectivity index (χ1) is 31.3. The minimum absolute atomic E-state index is 0.0663. The van der Waals surface area contributed by atoms with Gasteiger partial charge in [0.2, 0.25) is 0 Å². The highest BCUT2D eigenvalue weighted by Crippen LogP contribution is 2.45. The number of H-pyrrole nitrogens is 1. The fourth-order valence-corrected chi connectivity index (χ4v) is 8.42. The molecule has 374 valence electrons. The first-order valence-electron chi connectivity index (χ1n) is 25.3. The van der Waals surface area contributed by atoms with Crippen molar-refractivity contribution in [1.29, 1.82) is 0 Å². The Hall–Kier alpha value is -2.87. The largest absolute Gasteiger partial charge is 0.472 e. The minimum atomic E-state index is -4.60. The van der Waals surface area contributed by atoms with Gasteiger partial charge in [0.15, 0.2) is 18.4 Å². The summed E-state index contributed by atoms with van der Waals surface area (Å²) in [7, 11) is 1.13. The van der Waals surface area contributed by atoms with E-state index in [0.29, 0.717) is 23.9 Å². The minimum Gasteiger partial charge on any atom is -0.455 e. The van der Waals surface area contributed by atoms with Crippen LogP contribution in [0.25, 0.3) is 0 Å². The van der Waals surface area contributed by atoms with Crippen molar-refractivity contribution < 1.29 is 46.8 Å². The molecule has 2 heterocycles. The van der Waals surface area contributed by atoms with Crippen molar-refractivity contribution in [2.75, 3.05) is 40.9 Å². The molecular weight excluding hydrogens is 850 g/mol. The number of quaternary nitrogens is 1. The third-order valence-corrected chi connectivity index (χ3v) is 12.6. The first-order valence-corrected chi connectivity index (χ1v) is 26.8. The summed E-state index contributed by atoms with van der Waals surface area (Å²) in [6.45, 7) is 4.25. The SMILES string of the molecule is CCCCCCCC/C=C\CCCCCCCC(=O)O[C@@H]1[C@H](OC(=O)CCCCCCC/C=C\CCCCCCCC)[C@@H](COP(=O)(O)OCC[N+](C)(C)C)O[C@H]1n1ccc(=O)[nH]c1=O. The van der Waals surface area contributed by atoms with Gasteiger partial charge in [0.25, 0.3) is 5.56 Å². The Morgan fingerprint density at radius 2 is 1.11 bits per heavy atom. The number of hydrogen-bond donors (Lipinski definition) is 2. The van der Waals surface area contributed by atoms with Crippen molar-refractivity contribution in [2.24, 2.45) is 0 Å². The van der Waals surface area contributed by atoms with Crippen LogP contribution in [-0.4, -0.2) is 90.1 Å². The van der Waals surface area contributed by atoms with E-state index < -0.39 is 62.2 Å². The number of ether oxygens (including phenoxy) is 3. The number of rotatable bonds is 40. The summed E-state index contributed by atoms with van der Waals surface area (Å²) < 4.78 is 43.1. The van der Waals surface area contributed by atoms with E-state index in [0.717, 1.165) is 87.7 Å². The average molecular weight is 939 g/mol. The lowest BCUT2D eigenvalue weighted by atomic mass is 10.1. The number of carbonyl (C=O) groups excluding carboxylic acids is 2. The van der Waals surface area contributed by atoms with E-state index in [1.165, 1.54) is 83.2 Å². The number of unbranched alkanes of at least 4 members (excludes halogenated alkanes) is 22. The van der Waals surface area contributed by atoms with Crippen LogP contribution < -0.4 is 11.2 Å². The Morgan fingerprint density at radius 1 is 0.677 bits per heavy atom. The number of phosphoric acid groups is 1. The predicted molar refractivity (Wildman–Crippen MR) is 259 cm³/mol. The summed E-state index contributed by atoms with van der Waals surface area (Å²) in [5.41, 5.74) is -1.48. The van der Waals surface area contributed by atoms with Crippen molar-refractivity contribution in [2.45, 2.75) is 218 Å². The maximum Gasteiger partial charge on any atom is 0.472 e. The van der Waals surface area contributed by atoms with E-state index in [1.807, 2.05) is 21.1 Å². The van der Waals surface area contributed by atoms with Crippen LogP contribution in [0.4, 0.5) is 0 Å². The second-order valence-electron chi connectivity index (χ2n) is 18.8. The lowest BCUT2D eigenvalue weighted by Crippen LogP contribution is -2.42. The maximum absolute atomic E-state index is 13.4. The lowest BCUT2D eigenvalue weighted by molar-refractivity contribution is -0.870. The predicted octanol–water partition coefficient (Wildman–Crippen LogP) is 11.2. The van der Waals surface area contributed by atoms with E-state index in [1.54, 1.807) is 0 Å². The molecular formula is C50H89N3O11P+. The highest BCUT2D eigenvalue weighted by Gasteiger charge is 2.51. The number of aromatic nitrogens is 2. The monoisotopic (exact) mass is 939 g/mol. The molecule has 1 saturated heterocycles. The number of esters is 2. The second kappa shape index (κ2) is 35.3. The van der Waals surface area contributed by atoms with E-state index >= 15 is 0 Å². The van der Waals surface area contributed by atoms with Crippen LogP contribution in [0.2, 0.25) is 0 Å². The topological polar surface area (TPSA) is 172 Å². The third-order valence-electron chi connectivity index (χ3n) is 11.6. The number of phosphoric ester groups is 1. The summed E-state index contributed by atoms with van der Waals surface area (Å²) in [4.78, 5) is 64.6. The Bertz CT molecular complexity index is 1640. The number of aromatic amines is 1. The Labute approximate surface area is 391 Å². The molecule has 1 fully saturated rings. The number of hydrogen-bond acceptors (Lipinski definition) is 10. The van der Waals surface area contributed by atoms with Crippen molar-refractivity contribution in [3.63, 3.8) is 0 Å². The average Bonchev–Trinajstić information content (AvgIpc) is 3.57. The Kier molecular flexibility index (Phi) is 31.6. The Morgan fingerprint density at radius 3 is 1.55 bits per heavy atom. The molecule has 14 nitrogen and oxygen atoms in total. The van der Waals surface area contributed by atoms with Crippen LogP contribution in [0, 0.1) is 0 Å². The molecule has 2 N–H and O–H groups in total. The molecule has 0 radical (unpaired) electrons. The van der Waals surface area contributed by atoms with Gasteiger partial charge in [-0.15, -0.1) is 0 Å². The fourth-order valence-electron chi connectivity index (χ4n) is 7.70. The van der Waals surface area contributed by atoms with Crippen LogP contribution >= 0.6 is 7.82 Å². The van der Waals surface area contributed by atoms with Crippen LogP contribution in [0.15, 0.2) is 46.2 Å². The second-order valence-corrected chi connectivity index (χ2v) is 20.2. The standard InChI is InChI=1S/C50H88N3O11P/c1-6-8-10-12-14-16-18-20-22-24-26-28-30-32-34-36-45(55)63-47-43(42-61-65(58,59)60-41-40-53(3,4)5)62-49(52-39-38-44(54)51-50(52)57)48(47)64-46(56)37-35-33-31-29-27-25-23-21-19-17-15-13-11-9-7-2/h20-23,38-39,43,47-49H,6-19,24-37,40-42H2,1-5H3,(H-,51,54,57,58,59)/p+1/b22-20-,23-21-/t43-,47-,48-,49-/m1/s1. The molecule has 1 aromatic heterocycles. The molecule has 0 aliphatic carbocycles. The number of likely N-dealkylation sites (N-methyl/N-ethyl adjacent to an activating group) is 1. The highest BCUT2D eigenvalue weighted by atomic mass is 31.2. The van der Waals surface area contributed by atoms with Crippen molar-refractivity contribution in [3.05, 3.63) is 57.4 Å². The van der Waals surface area contributed by atoms with E-state index in [-0.39, 0.29) is 19.4 Å². The molecule has 1 unspecified atom stereocenters. The molecule has 2 rings (SSSR count). The quantitative estimate of drug-likeness (QED) is 0.0211. The number of carbonyl (C=O) groups is 2. The van der Waals surface area contributed by atoms with Gasteiger partial charge >= 0.3 is 25.5 Å².